The second-order valence-corrected chi connectivity index (χ2v) is 8.08. The maximum Gasteiger partial charge on any atom is 0.230 e. The van der Waals surface area contributed by atoms with Crippen LogP contribution in [0.25, 0.3) is 0 Å². The van der Waals surface area contributed by atoms with Gasteiger partial charge in [0.05, 0.1) is 17.3 Å². The minimum absolute atomic E-state index is 0.0605. The predicted octanol–water partition coefficient (Wildman–Crippen LogP) is 3.14. The van der Waals surface area contributed by atoms with Gasteiger partial charge in [-0.1, -0.05) is 17.7 Å². The molecule has 0 radical (unpaired) electrons. The molecule has 2 aromatic rings. The van der Waals surface area contributed by atoms with Crippen LogP contribution in [0.4, 0.5) is 10.8 Å². The highest BCUT2D eigenvalue weighted by atomic mass is 32.1. The first-order valence-electron chi connectivity index (χ1n) is 9.19. The first-order chi connectivity index (χ1) is 12.8. The van der Waals surface area contributed by atoms with Crippen LogP contribution >= 0.6 is 11.3 Å². The van der Waals surface area contributed by atoms with Crippen molar-refractivity contribution in [2.75, 3.05) is 18.0 Å². The van der Waals surface area contributed by atoms with Crippen LogP contribution in [0.3, 0.4) is 0 Å². The number of nitrogens with zero attached hydrogens (tertiary/aromatic N) is 3. The average molecular weight is 387 g/mol. The van der Waals surface area contributed by atoms with Gasteiger partial charge in [0.2, 0.25) is 11.8 Å². The van der Waals surface area contributed by atoms with Crippen molar-refractivity contribution in [1.82, 2.24) is 9.88 Å². The molecule has 1 aliphatic rings. The summed E-state index contributed by atoms with van der Waals surface area (Å²) in [7, 11) is 0. The number of aromatic nitrogens is 1. The number of hydrogen-bond donors (Lipinski definition) is 1. The molecular weight excluding hydrogens is 360 g/mol. The van der Waals surface area contributed by atoms with E-state index in [1.54, 1.807) is 11.8 Å². The second kappa shape index (κ2) is 8.19. The van der Waals surface area contributed by atoms with Crippen molar-refractivity contribution in [3.63, 3.8) is 0 Å². The molecule has 27 heavy (non-hydrogen) atoms. The highest BCUT2D eigenvalue weighted by Gasteiger charge is 2.25. The molecule has 0 bridgehead atoms. The standard InChI is InChI=1S/C20H26N4O2S/c1-13-6-7-18(14(2)9-13)24(15(3)25)20-22-17(12-27-20)11-23-8-4-5-16(10-23)19(21)26/h6-7,9,12,16H,4-5,8,10-11H2,1-3H3,(H2,21,26)/t16-/m0/s1. The van der Waals surface area contributed by atoms with Crippen molar-refractivity contribution in [3.8, 4) is 0 Å². The Hall–Kier alpha value is -2.25. The maximum absolute atomic E-state index is 12.3. The highest BCUT2D eigenvalue weighted by molar-refractivity contribution is 7.14. The first-order valence-corrected chi connectivity index (χ1v) is 10.1. The third-order valence-corrected chi connectivity index (χ3v) is 5.81. The monoisotopic (exact) mass is 386 g/mol. The summed E-state index contributed by atoms with van der Waals surface area (Å²) >= 11 is 1.47. The fourth-order valence-electron chi connectivity index (χ4n) is 3.60. The third kappa shape index (κ3) is 4.54. The van der Waals surface area contributed by atoms with Gasteiger partial charge in [-0.2, -0.15) is 0 Å². The Morgan fingerprint density at radius 3 is 2.81 bits per heavy atom. The van der Waals surface area contributed by atoms with Crippen LogP contribution in [0.1, 0.15) is 36.6 Å². The number of aryl methyl sites for hydroxylation is 2. The number of piperidine rings is 1. The van der Waals surface area contributed by atoms with Gasteiger partial charge in [-0.15, -0.1) is 11.3 Å². The zero-order chi connectivity index (χ0) is 19.6. The van der Waals surface area contributed by atoms with Crippen LogP contribution in [-0.2, 0) is 16.1 Å². The van der Waals surface area contributed by atoms with Gasteiger partial charge < -0.3 is 5.73 Å². The predicted molar refractivity (Wildman–Crippen MR) is 108 cm³/mol. The maximum atomic E-state index is 12.3. The van der Waals surface area contributed by atoms with Gasteiger partial charge in [-0.25, -0.2) is 4.98 Å². The van der Waals surface area contributed by atoms with Gasteiger partial charge in [0.15, 0.2) is 5.13 Å². The molecule has 6 nitrogen and oxygen atoms in total. The number of rotatable bonds is 5. The molecule has 1 aliphatic heterocycles. The Kier molecular flexibility index (Phi) is 5.92. The SMILES string of the molecule is CC(=O)N(c1nc(CN2CCC[C@H](C(N)=O)C2)cs1)c1ccc(C)cc1C. The number of primary amides is 1. The van der Waals surface area contributed by atoms with Crippen molar-refractivity contribution in [2.24, 2.45) is 11.7 Å². The molecule has 7 heteroatoms. The van der Waals surface area contributed by atoms with E-state index in [-0.39, 0.29) is 17.7 Å². The molecule has 1 aromatic carbocycles. The summed E-state index contributed by atoms with van der Waals surface area (Å²) < 4.78 is 0. The van der Waals surface area contributed by atoms with E-state index < -0.39 is 0 Å². The minimum Gasteiger partial charge on any atom is -0.369 e. The van der Waals surface area contributed by atoms with Crippen LogP contribution < -0.4 is 10.6 Å². The van der Waals surface area contributed by atoms with Crippen LogP contribution in [0.5, 0.6) is 0 Å². The lowest BCUT2D eigenvalue weighted by atomic mass is 9.97. The Labute approximate surface area is 164 Å². The van der Waals surface area contributed by atoms with Crippen LogP contribution in [0, 0.1) is 19.8 Å². The lowest BCUT2D eigenvalue weighted by Crippen LogP contribution is -2.40. The molecule has 1 saturated heterocycles. The van der Waals surface area contributed by atoms with E-state index in [1.165, 1.54) is 11.3 Å². The number of benzene rings is 1. The summed E-state index contributed by atoms with van der Waals surface area (Å²) in [5.74, 6) is -0.369. The number of anilines is 2. The topological polar surface area (TPSA) is 79.5 Å². The van der Waals surface area contributed by atoms with E-state index >= 15 is 0 Å². The summed E-state index contributed by atoms with van der Waals surface area (Å²) in [5.41, 5.74) is 9.45. The van der Waals surface area contributed by atoms with Crippen LogP contribution in [-0.4, -0.2) is 34.8 Å². The zero-order valence-corrected chi connectivity index (χ0v) is 16.9. The number of carbonyl (C=O) groups excluding carboxylic acids is 2. The molecule has 144 valence electrons. The van der Waals surface area contributed by atoms with Gasteiger partial charge in [0, 0.05) is 25.4 Å². The fourth-order valence-corrected chi connectivity index (χ4v) is 4.47. The summed E-state index contributed by atoms with van der Waals surface area (Å²) in [6, 6.07) is 6.04. The molecule has 2 N–H and O–H groups in total. The summed E-state index contributed by atoms with van der Waals surface area (Å²) in [5, 5.41) is 2.66. The molecule has 1 aromatic heterocycles. The number of thiazole rings is 1. The molecule has 2 amide bonds. The molecule has 2 heterocycles. The van der Waals surface area contributed by atoms with E-state index in [4.69, 9.17) is 10.7 Å². The minimum atomic E-state index is -0.226. The Balaban J connectivity index is 1.78. The van der Waals surface area contributed by atoms with Crippen molar-refractivity contribution in [2.45, 2.75) is 40.2 Å². The summed E-state index contributed by atoms with van der Waals surface area (Å²) in [6.45, 7) is 7.88. The highest BCUT2D eigenvalue weighted by Crippen LogP contribution is 2.32. The number of carbonyl (C=O) groups is 2. The summed E-state index contributed by atoms with van der Waals surface area (Å²) in [6.07, 6.45) is 1.83. The van der Waals surface area contributed by atoms with Gasteiger partial charge in [0.1, 0.15) is 0 Å². The largest absolute Gasteiger partial charge is 0.369 e. The number of likely N-dealkylation sites (tertiary alicyclic amines) is 1. The Bertz CT molecular complexity index is 848. The van der Waals surface area contributed by atoms with Crippen molar-refractivity contribution in [3.05, 3.63) is 40.4 Å². The van der Waals surface area contributed by atoms with Gasteiger partial charge in [-0.05, 0) is 44.9 Å². The molecule has 0 aliphatic carbocycles. The smallest absolute Gasteiger partial charge is 0.230 e. The van der Waals surface area contributed by atoms with Crippen molar-refractivity contribution >= 4 is 34.0 Å². The quantitative estimate of drug-likeness (QED) is 0.856. The Morgan fingerprint density at radius 1 is 1.37 bits per heavy atom. The molecule has 0 spiro atoms. The van der Waals surface area contributed by atoms with E-state index in [2.05, 4.69) is 11.0 Å². The molecule has 1 fully saturated rings. The van der Waals surface area contributed by atoms with Crippen molar-refractivity contribution < 1.29 is 9.59 Å². The molecular formula is C20H26N4O2S. The van der Waals surface area contributed by atoms with E-state index in [9.17, 15) is 9.59 Å². The lowest BCUT2D eigenvalue weighted by Gasteiger charge is -2.30. The number of amides is 2. The molecule has 0 unspecified atom stereocenters. The van der Waals surface area contributed by atoms with E-state index in [0.29, 0.717) is 18.2 Å². The second-order valence-electron chi connectivity index (χ2n) is 7.24. The van der Waals surface area contributed by atoms with Gasteiger partial charge >= 0.3 is 0 Å². The first kappa shape index (κ1) is 19.5. The Morgan fingerprint density at radius 2 is 2.15 bits per heavy atom. The van der Waals surface area contributed by atoms with Crippen molar-refractivity contribution in [1.29, 1.82) is 0 Å². The number of nitrogens with two attached hydrogens (primary N) is 1. The van der Waals surface area contributed by atoms with Gasteiger partial charge in [0.25, 0.3) is 0 Å². The fraction of sp³-hybridized carbons (Fsp3) is 0.450. The molecule has 1 atom stereocenters. The third-order valence-electron chi connectivity index (χ3n) is 4.93. The van der Waals surface area contributed by atoms with E-state index in [0.717, 1.165) is 41.9 Å². The molecule has 0 saturated carbocycles. The van der Waals surface area contributed by atoms with E-state index in [1.807, 2.05) is 31.4 Å². The lowest BCUT2D eigenvalue weighted by molar-refractivity contribution is -0.123. The average Bonchev–Trinajstić information content (AvgIpc) is 3.05. The van der Waals surface area contributed by atoms with Crippen LogP contribution in [0.2, 0.25) is 0 Å². The normalized spacial score (nSPS) is 17.7. The van der Waals surface area contributed by atoms with Gasteiger partial charge in [-0.3, -0.25) is 19.4 Å². The summed E-state index contributed by atoms with van der Waals surface area (Å²) in [4.78, 5) is 32.4. The number of hydrogen-bond acceptors (Lipinski definition) is 5. The van der Waals surface area contributed by atoms with Crippen LogP contribution in [0.15, 0.2) is 23.6 Å². The zero-order valence-electron chi connectivity index (χ0n) is 16.1. The molecule has 3 rings (SSSR count).